The predicted octanol–water partition coefficient (Wildman–Crippen LogP) is 9.08. The first-order valence-electron chi connectivity index (χ1n) is 11.7. The third-order valence-electron chi connectivity index (χ3n) is 6.76. The molecular formula is C27H34F4. The summed E-state index contributed by atoms with van der Waals surface area (Å²) in [6, 6.07) is 9.82. The lowest BCUT2D eigenvalue weighted by Gasteiger charge is -2.28. The highest BCUT2D eigenvalue weighted by Crippen LogP contribution is 2.35. The Hall–Kier alpha value is -1.84. The summed E-state index contributed by atoms with van der Waals surface area (Å²) < 4.78 is 52.8. The van der Waals surface area contributed by atoms with Crippen molar-refractivity contribution < 1.29 is 17.6 Å². The van der Waals surface area contributed by atoms with Gasteiger partial charge >= 0.3 is 6.18 Å². The van der Waals surface area contributed by atoms with Gasteiger partial charge in [0, 0.05) is 5.56 Å². The van der Waals surface area contributed by atoms with Crippen LogP contribution in [0.1, 0.15) is 76.3 Å². The van der Waals surface area contributed by atoms with E-state index in [2.05, 4.69) is 13.8 Å². The van der Waals surface area contributed by atoms with Crippen molar-refractivity contribution >= 4 is 0 Å². The van der Waals surface area contributed by atoms with Crippen LogP contribution in [0.5, 0.6) is 0 Å². The summed E-state index contributed by atoms with van der Waals surface area (Å²) in [6.45, 7) is 4.58. The lowest BCUT2D eigenvalue weighted by Crippen LogP contribution is -2.15. The predicted molar refractivity (Wildman–Crippen MR) is 119 cm³/mol. The van der Waals surface area contributed by atoms with Crippen molar-refractivity contribution in [2.45, 2.75) is 77.8 Å². The first kappa shape index (κ1) is 23.8. The molecule has 31 heavy (non-hydrogen) atoms. The van der Waals surface area contributed by atoms with Gasteiger partial charge in [-0.05, 0) is 59.9 Å². The Morgan fingerprint density at radius 2 is 1.48 bits per heavy atom. The van der Waals surface area contributed by atoms with Crippen LogP contribution < -0.4 is 0 Å². The van der Waals surface area contributed by atoms with Gasteiger partial charge in [-0.15, -0.1) is 0 Å². The summed E-state index contributed by atoms with van der Waals surface area (Å²) in [4.78, 5) is 0. The van der Waals surface area contributed by atoms with Gasteiger partial charge in [0.05, 0.1) is 5.56 Å². The maximum atomic E-state index is 14.6. The zero-order chi connectivity index (χ0) is 22.4. The van der Waals surface area contributed by atoms with Crippen molar-refractivity contribution in [1.82, 2.24) is 0 Å². The highest BCUT2D eigenvalue weighted by Gasteiger charge is 2.30. The largest absolute Gasteiger partial charge is 0.416 e. The van der Waals surface area contributed by atoms with Crippen LogP contribution in [0.15, 0.2) is 42.5 Å². The number of hydrogen-bond donors (Lipinski definition) is 0. The first-order valence-corrected chi connectivity index (χ1v) is 11.7. The smallest absolute Gasteiger partial charge is 0.206 e. The molecule has 0 amide bonds. The number of benzene rings is 2. The molecule has 0 spiro atoms. The second kappa shape index (κ2) is 10.7. The van der Waals surface area contributed by atoms with Crippen LogP contribution >= 0.6 is 0 Å². The molecule has 0 heterocycles. The second-order valence-electron chi connectivity index (χ2n) is 9.64. The lowest BCUT2D eigenvalue weighted by molar-refractivity contribution is -0.137. The normalized spacial score (nSPS) is 19.7. The van der Waals surface area contributed by atoms with Crippen LogP contribution in [0.3, 0.4) is 0 Å². The SMILES string of the molecule is CC(C)CCCC1CCC(CCc2ccc(-c3ccc(C(F)(F)F)cc3)c(F)c2)CC1. The summed E-state index contributed by atoms with van der Waals surface area (Å²) in [5.41, 5.74) is 1.06. The third-order valence-corrected chi connectivity index (χ3v) is 6.76. The molecule has 0 bridgehead atoms. The molecule has 0 saturated heterocycles. The first-order chi connectivity index (χ1) is 14.7. The highest BCUT2D eigenvalue weighted by molar-refractivity contribution is 5.64. The van der Waals surface area contributed by atoms with Crippen molar-refractivity contribution in [2.24, 2.45) is 17.8 Å². The van der Waals surface area contributed by atoms with E-state index >= 15 is 0 Å². The van der Waals surface area contributed by atoms with Crippen LogP contribution in [0.25, 0.3) is 11.1 Å². The molecule has 0 aliphatic heterocycles. The van der Waals surface area contributed by atoms with E-state index in [0.29, 0.717) is 11.1 Å². The van der Waals surface area contributed by atoms with Gasteiger partial charge in [-0.25, -0.2) is 4.39 Å². The van der Waals surface area contributed by atoms with Crippen LogP contribution in [0.4, 0.5) is 17.6 Å². The lowest BCUT2D eigenvalue weighted by atomic mass is 9.77. The van der Waals surface area contributed by atoms with Crippen molar-refractivity contribution in [3.63, 3.8) is 0 Å². The van der Waals surface area contributed by atoms with Gasteiger partial charge in [0.15, 0.2) is 0 Å². The van der Waals surface area contributed by atoms with Crippen LogP contribution in [0, 0.1) is 23.6 Å². The summed E-state index contributed by atoms with van der Waals surface area (Å²) in [5, 5.41) is 0. The minimum atomic E-state index is -4.38. The molecule has 0 N–H and O–H groups in total. The van der Waals surface area contributed by atoms with Crippen LogP contribution in [-0.4, -0.2) is 0 Å². The molecule has 170 valence electrons. The Bertz CT molecular complexity index is 812. The van der Waals surface area contributed by atoms with E-state index in [1.165, 1.54) is 57.1 Å². The quantitative estimate of drug-likeness (QED) is 0.363. The van der Waals surface area contributed by atoms with Gasteiger partial charge in [-0.3, -0.25) is 0 Å². The zero-order valence-corrected chi connectivity index (χ0v) is 18.6. The Morgan fingerprint density at radius 1 is 0.871 bits per heavy atom. The van der Waals surface area contributed by atoms with E-state index in [0.717, 1.165) is 48.3 Å². The second-order valence-corrected chi connectivity index (χ2v) is 9.64. The van der Waals surface area contributed by atoms with E-state index in [1.54, 1.807) is 12.1 Å². The summed E-state index contributed by atoms with van der Waals surface area (Å²) in [6.07, 6.45) is 6.79. The van der Waals surface area contributed by atoms with E-state index in [9.17, 15) is 17.6 Å². The minimum Gasteiger partial charge on any atom is -0.206 e. The fourth-order valence-corrected chi connectivity index (χ4v) is 4.78. The molecular weight excluding hydrogens is 400 g/mol. The molecule has 1 aliphatic carbocycles. The van der Waals surface area contributed by atoms with E-state index in [1.807, 2.05) is 6.07 Å². The van der Waals surface area contributed by atoms with Gasteiger partial charge in [0.25, 0.3) is 0 Å². The fraction of sp³-hybridized carbons (Fsp3) is 0.556. The van der Waals surface area contributed by atoms with Gasteiger partial charge in [-0.1, -0.05) is 83.1 Å². The monoisotopic (exact) mass is 434 g/mol. The zero-order valence-electron chi connectivity index (χ0n) is 18.6. The molecule has 4 heteroatoms. The highest BCUT2D eigenvalue weighted by atomic mass is 19.4. The summed E-state index contributed by atoms with van der Waals surface area (Å²) in [7, 11) is 0. The molecule has 0 unspecified atom stereocenters. The molecule has 2 aromatic carbocycles. The Balaban J connectivity index is 1.49. The Morgan fingerprint density at radius 3 is 2.03 bits per heavy atom. The van der Waals surface area contributed by atoms with Crippen LogP contribution in [0.2, 0.25) is 0 Å². The minimum absolute atomic E-state index is 0.347. The Labute approximate surface area is 184 Å². The molecule has 1 aliphatic rings. The number of aryl methyl sites for hydroxylation is 1. The standard InChI is InChI=1S/C27H34F4/c1-19(2)4-3-5-20-6-8-21(9-7-20)10-11-22-12-17-25(26(28)18-22)23-13-15-24(16-14-23)27(29,30)31/h12-21H,3-11H2,1-2H3. The number of halogens is 4. The fourth-order valence-electron chi connectivity index (χ4n) is 4.78. The molecule has 0 radical (unpaired) electrons. The van der Waals surface area contributed by atoms with Crippen LogP contribution in [-0.2, 0) is 12.6 Å². The average Bonchev–Trinajstić information content (AvgIpc) is 2.72. The van der Waals surface area contributed by atoms with Crippen molar-refractivity contribution in [3.8, 4) is 11.1 Å². The molecule has 3 rings (SSSR count). The van der Waals surface area contributed by atoms with Gasteiger partial charge in [-0.2, -0.15) is 13.2 Å². The van der Waals surface area contributed by atoms with E-state index < -0.39 is 11.7 Å². The number of alkyl halides is 3. The molecule has 1 saturated carbocycles. The van der Waals surface area contributed by atoms with E-state index in [-0.39, 0.29) is 5.82 Å². The van der Waals surface area contributed by atoms with Gasteiger partial charge in [0.1, 0.15) is 5.82 Å². The number of rotatable bonds is 8. The maximum Gasteiger partial charge on any atom is 0.416 e. The van der Waals surface area contributed by atoms with Gasteiger partial charge in [0.2, 0.25) is 0 Å². The average molecular weight is 435 g/mol. The molecule has 0 nitrogen and oxygen atoms in total. The topological polar surface area (TPSA) is 0 Å². The summed E-state index contributed by atoms with van der Waals surface area (Å²) >= 11 is 0. The van der Waals surface area contributed by atoms with Gasteiger partial charge < -0.3 is 0 Å². The van der Waals surface area contributed by atoms with Crippen molar-refractivity contribution in [3.05, 3.63) is 59.4 Å². The van der Waals surface area contributed by atoms with Crippen molar-refractivity contribution in [2.75, 3.05) is 0 Å². The molecule has 0 aromatic heterocycles. The van der Waals surface area contributed by atoms with Crippen molar-refractivity contribution in [1.29, 1.82) is 0 Å². The Kier molecular flexibility index (Phi) is 8.18. The molecule has 1 fully saturated rings. The third kappa shape index (κ3) is 7.08. The number of hydrogen-bond acceptors (Lipinski definition) is 0. The molecule has 2 aromatic rings. The van der Waals surface area contributed by atoms with E-state index in [4.69, 9.17) is 0 Å². The summed E-state index contributed by atoms with van der Waals surface area (Å²) in [5.74, 6) is 2.03. The molecule has 0 atom stereocenters. The maximum absolute atomic E-state index is 14.6.